The number of alkyl halides is 2. The Kier molecular flexibility index (Phi) is 8.95. The normalized spacial score (nSPS) is 18.4. The molecule has 2 aliphatic rings. The molecule has 1 saturated heterocycles. The lowest BCUT2D eigenvalue weighted by atomic mass is 9.77. The van der Waals surface area contributed by atoms with Gasteiger partial charge in [0.2, 0.25) is 11.8 Å². The third-order valence-corrected chi connectivity index (χ3v) is 8.35. The van der Waals surface area contributed by atoms with Gasteiger partial charge < -0.3 is 0 Å². The van der Waals surface area contributed by atoms with Crippen LogP contribution in [0.1, 0.15) is 55.7 Å². The molecule has 0 N–H and O–H groups in total. The van der Waals surface area contributed by atoms with E-state index in [1.165, 1.54) is 36.5 Å². The lowest BCUT2D eigenvalue weighted by molar-refractivity contribution is -0.129. The molecule has 2 atom stereocenters. The SMILES string of the molecule is N#Cc1ccnc(N2C(=O)CC[C@H]2C(=O)N(c2cc(F)cc(F)c2)[C@H](C(=O)CCC2CC(F)(F)C2)c2cc(Cl)ccc2Cl)c1. The first kappa shape index (κ1) is 31.4. The monoisotopic (exact) mass is 646 g/mol. The van der Waals surface area contributed by atoms with Gasteiger partial charge in [-0.15, -0.1) is 0 Å². The molecule has 7 nitrogen and oxygen atoms in total. The van der Waals surface area contributed by atoms with Gasteiger partial charge in [0, 0.05) is 53.6 Å². The van der Waals surface area contributed by atoms with E-state index in [0.717, 1.165) is 21.9 Å². The van der Waals surface area contributed by atoms with E-state index in [1.54, 1.807) is 0 Å². The number of aromatic nitrogens is 1. The molecule has 44 heavy (non-hydrogen) atoms. The second-order valence-electron chi connectivity index (χ2n) is 10.9. The number of amides is 2. The van der Waals surface area contributed by atoms with Crippen LogP contribution in [0, 0.1) is 28.9 Å². The minimum atomic E-state index is -2.81. The molecule has 2 amide bonds. The van der Waals surface area contributed by atoms with E-state index in [0.29, 0.717) is 6.07 Å². The zero-order valence-corrected chi connectivity index (χ0v) is 24.5. The number of pyridine rings is 1. The quantitative estimate of drug-likeness (QED) is 0.229. The number of anilines is 2. The van der Waals surface area contributed by atoms with Crippen LogP contribution in [0.25, 0.3) is 0 Å². The molecule has 2 fully saturated rings. The lowest BCUT2D eigenvalue weighted by Crippen LogP contribution is -2.50. The Balaban J connectivity index is 1.62. The molecule has 2 heterocycles. The first-order valence-corrected chi connectivity index (χ1v) is 14.5. The summed E-state index contributed by atoms with van der Waals surface area (Å²) in [6.45, 7) is 0. The van der Waals surface area contributed by atoms with E-state index in [1.807, 2.05) is 6.07 Å². The molecule has 2 aromatic carbocycles. The van der Waals surface area contributed by atoms with Gasteiger partial charge in [0.25, 0.3) is 5.91 Å². The number of carbonyl (C=O) groups excluding carboxylic acids is 3. The number of halogens is 6. The van der Waals surface area contributed by atoms with E-state index in [-0.39, 0.29) is 71.2 Å². The maximum atomic E-state index is 14.6. The molecule has 5 rings (SSSR count). The highest BCUT2D eigenvalue weighted by Gasteiger charge is 2.47. The standard InChI is InChI=1S/C31H24Cl2F4N4O3/c32-19-2-3-24(33)23(10-19)29(26(42)5-1-18-14-31(36,37)15-18)40(22-12-20(34)11-21(35)13-22)30(44)25-4-6-28(43)41(25)27-9-17(16-38)7-8-39-27/h2-3,7-13,18,25,29H,1,4-6,14-15H2/t25-,29-/m0/s1. The number of hydrogen-bond acceptors (Lipinski definition) is 5. The largest absolute Gasteiger partial charge is 0.297 e. The van der Waals surface area contributed by atoms with E-state index in [2.05, 4.69) is 4.98 Å². The third-order valence-electron chi connectivity index (χ3n) is 7.77. The second kappa shape index (κ2) is 12.5. The average Bonchev–Trinajstić information content (AvgIpc) is 3.35. The first-order valence-electron chi connectivity index (χ1n) is 13.7. The van der Waals surface area contributed by atoms with Crippen molar-refractivity contribution in [1.29, 1.82) is 5.26 Å². The number of nitrogens with zero attached hydrogens (tertiary/aromatic N) is 4. The zero-order valence-electron chi connectivity index (χ0n) is 23.0. The van der Waals surface area contributed by atoms with Crippen molar-refractivity contribution in [2.45, 2.75) is 56.5 Å². The fourth-order valence-electron chi connectivity index (χ4n) is 5.72. The van der Waals surface area contributed by atoms with Crippen molar-refractivity contribution in [3.05, 3.63) is 87.5 Å². The maximum absolute atomic E-state index is 14.6. The molecule has 228 valence electrons. The topological polar surface area (TPSA) is 94.4 Å². The van der Waals surface area contributed by atoms with Gasteiger partial charge in [0.1, 0.15) is 29.5 Å². The molecular weight excluding hydrogens is 623 g/mol. The van der Waals surface area contributed by atoms with E-state index in [4.69, 9.17) is 23.2 Å². The van der Waals surface area contributed by atoms with E-state index < -0.39 is 53.2 Å². The smallest absolute Gasteiger partial charge is 0.251 e. The molecule has 1 saturated carbocycles. The summed E-state index contributed by atoms with van der Waals surface area (Å²) in [6, 6.07) is 8.30. The molecule has 13 heteroatoms. The Morgan fingerprint density at radius 2 is 1.80 bits per heavy atom. The summed E-state index contributed by atoms with van der Waals surface area (Å²) in [5, 5.41) is 9.51. The highest BCUT2D eigenvalue weighted by atomic mass is 35.5. The Morgan fingerprint density at radius 1 is 1.09 bits per heavy atom. The summed E-state index contributed by atoms with van der Waals surface area (Å²) in [7, 11) is 0. The number of benzene rings is 2. The number of rotatable bonds is 9. The molecule has 1 aliphatic carbocycles. The van der Waals surface area contributed by atoms with Gasteiger partial charge in [0.05, 0.1) is 17.3 Å². The summed E-state index contributed by atoms with van der Waals surface area (Å²) in [5.41, 5.74) is -0.123. The van der Waals surface area contributed by atoms with Crippen LogP contribution in [-0.4, -0.2) is 34.5 Å². The average molecular weight is 647 g/mol. The zero-order chi connectivity index (χ0) is 31.8. The first-order chi connectivity index (χ1) is 20.9. The minimum Gasteiger partial charge on any atom is -0.297 e. The Bertz CT molecular complexity index is 1650. The molecule has 1 aliphatic heterocycles. The summed E-state index contributed by atoms with van der Waals surface area (Å²) >= 11 is 12.8. The van der Waals surface area contributed by atoms with Crippen molar-refractivity contribution in [3.8, 4) is 6.07 Å². The molecule has 0 unspecified atom stereocenters. The number of nitriles is 1. The molecule has 0 radical (unpaired) electrons. The van der Waals surface area contributed by atoms with Crippen LogP contribution < -0.4 is 9.80 Å². The minimum absolute atomic E-state index is 0.00449. The second-order valence-corrected chi connectivity index (χ2v) is 11.7. The van der Waals surface area contributed by atoms with Gasteiger partial charge in [-0.05, 0) is 61.2 Å². The maximum Gasteiger partial charge on any atom is 0.251 e. The Hall–Kier alpha value is -4.01. The van der Waals surface area contributed by atoms with Crippen LogP contribution in [0.5, 0.6) is 0 Å². The van der Waals surface area contributed by atoms with Crippen molar-refractivity contribution in [2.75, 3.05) is 9.80 Å². The van der Waals surface area contributed by atoms with Crippen LogP contribution >= 0.6 is 23.2 Å². The number of hydrogen-bond donors (Lipinski definition) is 0. The van der Waals surface area contributed by atoms with Crippen molar-refractivity contribution in [2.24, 2.45) is 5.92 Å². The highest BCUT2D eigenvalue weighted by molar-refractivity contribution is 6.34. The molecule has 1 aromatic heterocycles. The molecule has 3 aromatic rings. The number of ketones is 1. The van der Waals surface area contributed by atoms with E-state index >= 15 is 0 Å². The summed E-state index contributed by atoms with van der Waals surface area (Å²) in [4.78, 5) is 47.7. The predicted octanol–water partition coefficient (Wildman–Crippen LogP) is 7.20. The van der Waals surface area contributed by atoms with Crippen molar-refractivity contribution < 1.29 is 31.9 Å². The highest BCUT2D eigenvalue weighted by Crippen LogP contribution is 2.45. The number of carbonyl (C=O) groups is 3. The molecule has 0 spiro atoms. The van der Waals surface area contributed by atoms with Gasteiger partial charge in [-0.2, -0.15) is 5.26 Å². The van der Waals surface area contributed by atoms with Crippen molar-refractivity contribution in [3.63, 3.8) is 0 Å². The van der Waals surface area contributed by atoms with E-state index in [9.17, 15) is 37.2 Å². The van der Waals surface area contributed by atoms with Crippen molar-refractivity contribution in [1.82, 2.24) is 4.98 Å². The van der Waals surface area contributed by atoms with Gasteiger partial charge in [0.15, 0.2) is 5.78 Å². The van der Waals surface area contributed by atoms with Crippen molar-refractivity contribution >= 4 is 52.3 Å². The van der Waals surface area contributed by atoms with Crippen LogP contribution in [0.15, 0.2) is 54.7 Å². The van der Waals surface area contributed by atoms with Crippen LogP contribution in [0.3, 0.4) is 0 Å². The predicted molar refractivity (Wildman–Crippen MR) is 154 cm³/mol. The van der Waals surface area contributed by atoms with Crippen LogP contribution in [0.2, 0.25) is 10.0 Å². The van der Waals surface area contributed by atoms with Gasteiger partial charge in [-0.1, -0.05) is 23.2 Å². The molecule has 0 bridgehead atoms. The van der Waals surface area contributed by atoms with Gasteiger partial charge >= 0.3 is 0 Å². The Labute approximate surface area is 260 Å². The fraction of sp³-hybridized carbons (Fsp3) is 0.323. The van der Waals surface area contributed by atoms with Gasteiger partial charge in [-0.25, -0.2) is 22.5 Å². The Morgan fingerprint density at radius 3 is 2.45 bits per heavy atom. The number of Topliss-reactive ketones (excluding diaryl/α,β-unsaturated/α-hetero) is 1. The summed E-state index contributed by atoms with van der Waals surface area (Å²) < 4.78 is 56.2. The third kappa shape index (κ3) is 6.56. The van der Waals surface area contributed by atoms with Gasteiger partial charge in [-0.3, -0.25) is 24.2 Å². The lowest BCUT2D eigenvalue weighted by Gasteiger charge is -2.37. The van der Waals surface area contributed by atoms with Crippen LogP contribution in [0.4, 0.5) is 29.1 Å². The molecular formula is C31H24Cl2F4N4O3. The van der Waals surface area contributed by atoms with Crippen LogP contribution in [-0.2, 0) is 14.4 Å². The fourth-order valence-corrected chi connectivity index (χ4v) is 6.12. The summed E-state index contributed by atoms with van der Waals surface area (Å²) in [5.74, 6) is -7.32. The summed E-state index contributed by atoms with van der Waals surface area (Å²) in [6.07, 6.45) is 0.237.